The lowest BCUT2D eigenvalue weighted by molar-refractivity contribution is -0.0346. The van der Waals surface area contributed by atoms with E-state index in [-0.39, 0.29) is 5.54 Å². The van der Waals surface area contributed by atoms with Crippen LogP contribution in [0.25, 0.3) is 0 Å². The molecule has 0 bridgehead atoms. The topological polar surface area (TPSA) is 38.5 Å². The molecule has 0 amide bonds. The Balaban J connectivity index is 2.15. The van der Waals surface area contributed by atoms with E-state index in [1.807, 2.05) is 7.11 Å². The summed E-state index contributed by atoms with van der Waals surface area (Å²) in [6, 6.07) is 0. The number of nitrogens with two attached hydrogens (primary N) is 1. The van der Waals surface area contributed by atoms with Crippen molar-refractivity contribution < 1.29 is 4.74 Å². The first-order valence-electron chi connectivity index (χ1n) is 7.57. The number of nitrogens with zero attached hydrogens (tertiary/aromatic N) is 1. The van der Waals surface area contributed by atoms with Gasteiger partial charge in [0.05, 0.1) is 6.61 Å². The van der Waals surface area contributed by atoms with Crippen LogP contribution in [0.15, 0.2) is 0 Å². The summed E-state index contributed by atoms with van der Waals surface area (Å²) in [5.41, 5.74) is 6.78. The first-order chi connectivity index (χ1) is 9.05. The zero-order chi connectivity index (χ0) is 13.9. The summed E-state index contributed by atoms with van der Waals surface area (Å²) in [5.74, 6) is 3.16. The van der Waals surface area contributed by atoms with Crippen molar-refractivity contribution >= 4 is 11.8 Å². The van der Waals surface area contributed by atoms with Crippen molar-refractivity contribution in [2.45, 2.75) is 38.6 Å². The molecule has 2 rings (SSSR count). The number of methoxy groups -OCH3 is 1. The highest BCUT2D eigenvalue weighted by Crippen LogP contribution is 2.46. The van der Waals surface area contributed by atoms with Crippen LogP contribution in [0.1, 0.15) is 33.1 Å². The summed E-state index contributed by atoms with van der Waals surface area (Å²) in [5, 5.41) is 0. The van der Waals surface area contributed by atoms with Crippen LogP contribution in [0.3, 0.4) is 0 Å². The zero-order valence-electron chi connectivity index (χ0n) is 12.8. The normalized spacial score (nSPS) is 36.3. The van der Waals surface area contributed by atoms with Gasteiger partial charge in [0.15, 0.2) is 0 Å². The lowest BCUT2D eigenvalue weighted by Gasteiger charge is -2.57. The summed E-state index contributed by atoms with van der Waals surface area (Å²) in [7, 11) is 1.82. The second kappa shape index (κ2) is 6.33. The largest absolute Gasteiger partial charge is 0.384 e. The molecule has 2 aliphatic heterocycles. The fraction of sp³-hybridized carbons (Fsp3) is 1.00. The monoisotopic (exact) mass is 286 g/mol. The van der Waals surface area contributed by atoms with E-state index in [9.17, 15) is 0 Å². The molecule has 2 N–H and O–H groups in total. The van der Waals surface area contributed by atoms with Gasteiger partial charge in [0.2, 0.25) is 0 Å². The molecule has 0 aromatic heterocycles. The molecule has 0 aromatic carbocycles. The molecule has 0 spiro atoms. The third-order valence-corrected chi connectivity index (χ3v) is 6.51. The lowest BCUT2D eigenvalue weighted by Crippen LogP contribution is -2.67. The second-order valence-corrected chi connectivity index (χ2v) is 7.94. The minimum absolute atomic E-state index is 0.183. The number of hydrogen-bond donors (Lipinski definition) is 1. The predicted molar refractivity (Wildman–Crippen MR) is 83.7 cm³/mol. The van der Waals surface area contributed by atoms with E-state index in [1.54, 1.807) is 0 Å². The van der Waals surface area contributed by atoms with Crippen molar-refractivity contribution in [3.63, 3.8) is 0 Å². The maximum atomic E-state index is 6.28. The molecule has 2 unspecified atom stereocenters. The zero-order valence-corrected chi connectivity index (χ0v) is 13.6. The van der Waals surface area contributed by atoms with Crippen LogP contribution in [0, 0.1) is 11.3 Å². The lowest BCUT2D eigenvalue weighted by atomic mass is 9.69. The summed E-state index contributed by atoms with van der Waals surface area (Å²) < 4.78 is 5.37. The molecule has 2 saturated heterocycles. The van der Waals surface area contributed by atoms with Crippen molar-refractivity contribution in [1.29, 1.82) is 0 Å². The fourth-order valence-electron chi connectivity index (χ4n) is 3.81. The number of rotatable bonds is 4. The van der Waals surface area contributed by atoms with Gasteiger partial charge in [-0.05, 0) is 42.9 Å². The maximum absolute atomic E-state index is 6.28. The van der Waals surface area contributed by atoms with E-state index in [1.165, 1.54) is 37.3 Å². The minimum Gasteiger partial charge on any atom is -0.384 e. The van der Waals surface area contributed by atoms with Crippen LogP contribution in [-0.2, 0) is 4.74 Å². The molecule has 2 atom stereocenters. The molecule has 0 radical (unpaired) electrons. The number of likely N-dealkylation sites (tertiary alicyclic amines) is 1. The number of hydrogen-bond acceptors (Lipinski definition) is 4. The average molecular weight is 286 g/mol. The van der Waals surface area contributed by atoms with Gasteiger partial charge in [-0.1, -0.05) is 13.8 Å². The van der Waals surface area contributed by atoms with Crippen molar-refractivity contribution in [1.82, 2.24) is 4.90 Å². The Labute approximate surface area is 122 Å². The third kappa shape index (κ3) is 2.97. The molecule has 3 nitrogen and oxygen atoms in total. The van der Waals surface area contributed by atoms with Gasteiger partial charge in [0, 0.05) is 31.5 Å². The van der Waals surface area contributed by atoms with Crippen LogP contribution in [0.4, 0.5) is 0 Å². The van der Waals surface area contributed by atoms with Crippen molar-refractivity contribution in [2.24, 2.45) is 17.1 Å². The summed E-state index contributed by atoms with van der Waals surface area (Å²) in [6.45, 7) is 8.88. The maximum Gasteiger partial charge on any atom is 0.0502 e. The molecule has 112 valence electrons. The minimum atomic E-state index is 0.183. The molecular formula is C15H30N2OS. The predicted octanol–water partition coefficient (Wildman–Crippen LogP) is 2.21. The first kappa shape index (κ1) is 15.6. The van der Waals surface area contributed by atoms with E-state index >= 15 is 0 Å². The highest BCUT2D eigenvalue weighted by atomic mass is 32.2. The highest BCUT2D eigenvalue weighted by Gasteiger charge is 2.50. The quantitative estimate of drug-likeness (QED) is 0.860. The van der Waals surface area contributed by atoms with Crippen LogP contribution in [0.5, 0.6) is 0 Å². The van der Waals surface area contributed by atoms with E-state index in [4.69, 9.17) is 10.5 Å². The summed E-state index contributed by atoms with van der Waals surface area (Å²) >= 11 is 2.08. The van der Waals surface area contributed by atoms with Gasteiger partial charge in [0.25, 0.3) is 0 Å². The van der Waals surface area contributed by atoms with Gasteiger partial charge in [-0.15, -0.1) is 0 Å². The van der Waals surface area contributed by atoms with E-state index in [0.29, 0.717) is 11.3 Å². The molecule has 19 heavy (non-hydrogen) atoms. The number of thioether (sulfide) groups is 1. The van der Waals surface area contributed by atoms with Gasteiger partial charge in [-0.25, -0.2) is 0 Å². The van der Waals surface area contributed by atoms with Crippen molar-refractivity contribution in [3.05, 3.63) is 0 Å². The Morgan fingerprint density at radius 3 is 2.84 bits per heavy atom. The third-order valence-electron chi connectivity index (χ3n) is 5.34. The van der Waals surface area contributed by atoms with Crippen LogP contribution >= 0.6 is 11.8 Å². The number of piperidine rings is 1. The van der Waals surface area contributed by atoms with Crippen LogP contribution < -0.4 is 5.73 Å². The SMILES string of the molecule is COCC1CCCN(C2(CN)CSCCC2(C)C)C1. The van der Waals surface area contributed by atoms with E-state index in [2.05, 4.69) is 30.5 Å². The molecule has 0 aliphatic carbocycles. The standard InChI is InChI=1S/C15H30N2OS/c1-14(2)6-8-19-12-15(14,11-16)17-7-4-5-13(9-17)10-18-3/h13H,4-12,16H2,1-3H3. The van der Waals surface area contributed by atoms with Gasteiger partial charge >= 0.3 is 0 Å². The Bertz CT molecular complexity index is 296. The summed E-state index contributed by atoms with van der Waals surface area (Å²) in [6.07, 6.45) is 3.87. The summed E-state index contributed by atoms with van der Waals surface area (Å²) in [4.78, 5) is 2.70. The Morgan fingerprint density at radius 2 is 2.21 bits per heavy atom. The molecular weight excluding hydrogens is 256 g/mol. The van der Waals surface area contributed by atoms with Gasteiger partial charge < -0.3 is 10.5 Å². The Hall–Kier alpha value is 0.230. The highest BCUT2D eigenvalue weighted by molar-refractivity contribution is 7.99. The van der Waals surface area contributed by atoms with Crippen LogP contribution in [0.2, 0.25) is 0 Å². The second-order valence-electron chi connectivity index (χ2n) is 6.83. The Morgan fingerprint density at radius 1 is 1.42 bits per heavy atom. The molecule has 0 saturated carbocycles. The molecule has 2 fully saturated rings. The molecule has 2 heterocycles. The molecule has 0 aromatic rings. The Kier molecular flexibility index (Phi) is 5.21. The fourth-order valence-corrected chi connectivity index (χ4v) is 5.63. The van der Waals surface area contributed by atoms with Gasteiger partial charge in [0.1, 0.15) is 0 Å². The number of ether oxygens (including phenoxy) is 1. The van der Waals surface area contributed by atoms with Crippen LogP contribution in [-0.4, -0.2) is 55.3 Å². The molecule has 2 aliphatic rings. The van der Waals surface area contributed by atoms with Gasteiger partial charge in [-0.2, -0.15) is 11.8 Å². The molecule has 4 heteroatoms. The average Bonchev–Trinajstić information content (AvgIpc) is 2.39. The van der Waals surface area contributed by atoms with Crippen molar-refractivity contribution in [2.75, 3.05) is 44.9 Å². The smallest absolute Gasteiger partial charge is 0.0502 e. The van der Waals surface area contributed by atoms with E-state index < -0.39 is 0 Å². The van der Waals surface area contributed by atoms with E-state index in [0.717, 1.165) is 19.7 Å². The van der Waals surface area contributed by atoms with Gasteiger partial charge in [-0.3, -0.25) is 4.90 Å². The van der Waals surface area contributed by atoms with Crippen molar-refractivity contribution in [3.8, 4) is 0 Å². The first-order valence-corrected chi connectivity index (χ1v) is 8.73.